The largest absolute Gasteiger partial charge is 0.496 e. The normalized spacial score (nSPS) is 15.6. The maximum atomic E-state index is 13.1. The molecule has 0 spiro atoms. The molecule has 0 atom stereocenters. The van der Waals surface area contributed by atoms with E-state index in [-0.39, 0.29) is 11.8 Å². The molecule has 0 bridgehead atoms. The summed E-state index contributed by atoms with van der Waals surface area (Å²) in [5.74, 6) is 0.619. The number of amides is 1. The molecule has 0 radical (unpaired) electrons. The number of pyridine rings is 1. The van der Waals surface area contributed by atoms with Crippen LogP contribution in [0.25, 0.3) is 0 Å². The molecule has 1 aromatic heterocycles. The number of benzene rings is 1. The topological polar surface area (TPSA) is 79.8 Å². The van der Waals surface area contributed by atoms with Gasteiger partial charge in [-0.3, -0.25) is 9.78 Å². The molecule has 0 N–H and O–H groups in total. The van der Waals surface area contributed by atoms with Crippen LogP contribution < -0.4 is 4.74 Å². The van der Waals surface area contributed by atoms with Crippen LogP contribution in [0.2, 0.25) is 0 Å². The van der Waals surface area contributed by atoms with Crippen molar-refractivity contribution in [2.45, 2.75) is 52.0 Å². The quantitative estimate of drug-likeness (QED) is 0.662. The standard InChI is InChI=1S/C24H33N3O4S/c1-16-7-8-22(17(2)13-16)32(29,30)27-11-9-20(10-12-27)24(28)26(5)15-21-19(4)23(31-6)18(3)14-25-21/h7-8,13-14,20H,9-12,15H2,1-6H3. The average molecular weight is 460 g/mol. The van der Waals surface area contributed by atoms with E-state index in [4.69, 9.17) is 4.74 Å². The van der Waals surface area contributed by atoms with Crippen LogP contribution in [0, 0.1) is 33.6 Å². The highest BCUT2D eigenvalue weighted by Gasteiger charge is 2.34. The lowest BCUT2D eigenvalue weighted by Crippen LogP contribution is -2.43. The highest BCUT2D eigenvalue weighted by molar-refractivity contribution is 7.89. The Morgan fingerprint density at radius 2 is 1.81 bits per heavy atom. The van der Waals surface area contributed by atoms with E-state index in [1.165, 1.54) is 4.31 Å². The molecule has 0 saturated carbocycles. The molecule has 1 saturated heterocycles. The molecule has 0 unspecified atom stereocenters. The number of sulfonamides is 1. The maximum absolute atomic E-state index is 13.1. The first-order chi connectivity index (χ1) is 15.1. The molecule has 1 aromatic carbocycles. The van der Waals surface area contributed by atoms with Crippen molar-refractivity contribution in [3.8, 4) is 5.75 Å². The predicted octanol–water partition coefficient (Wildman–Crippen LogP) is 3.38. The van der Waals surface area contributed by atoms with Gasteiger partial charge >= 0.3 is 0 Å². The van der Waals surface area contributed by atoms with E-state index in [1.54, 1.807) is 31.3 Å². The highest BCUT2D eigenvalue weighted by atomic mass is 32.2. The lowest BCUT2D eigenvalue weighted by Gasteiger charge is -2.33. The van der Waals surface area contributed by atoms with E-state index in [0.29, 0.717) is 37.4 Å². The number of aromatic nitrogens is 1. The van der Waals surface area contributed by atoms with Crippen LogP contribution in [-0.2, 0) is 21.4 Å². The number of aryl methyl sites for hydroxylation is 3. The van der Waals surface area contributed by atoms with Crippen LogP contribution in [0.5, 0.6) is 5.75 Å². The van der Waals surface area contributed by atoms with Crippen LogP contribution in [-0.4, -0.2) is 55.8 Å². The minimum Gasteiger partial charge on any atom is -0.496 e. The van der Waals surface area contributed by atoms with E-state index < -0.39 is 10.0 Å². The van der Waals surface area contributed by atoms with E-state index in [2.05, 4.69) is 4.98 Å². The van der Waals surface area contributed by atoms with E-state index >= 15 is 0 Å². The number of hydrogen-bond donors (Lipinski definition) is 0. The molecule has 1 aliphatic heterocycles. The van der Waals surface area contributed by atoms with Gasteiger partial charge in [-0.1, -0.05) is 17.7 Å². The maximum Gasteiger partial charge on any atom is 0.243 e. The summed E-state index contributed by atoms with van der Waals surface area (Å²) in [6, 6.07) is 5.38. The van der Waals surface area contributed by atoms with Crippen molar-refractivity contribution in [1.82, 2.24) is 14.2 Å². The summed E-state index contributed by atoms with van der Waals surface area (Å²) in [6.45, 7) is 8.73. The zero-order valence-electron chi connectivity index (χ0n) is 19.8. The van der Waals surface area contributed by atoms with Crippen molar-refractivity contribution in [2.24, 2.45) is 5.92 Å². The molecule has 1 aliphatic rings. The highest BCUT2D eigenvalue weighted by Crippen LogP contribution is 2.28. The van der Waals surface area contributed by atoms with Gasteiger partial charge in [0.1, 0.15) is 5.75 Å². The number of rotatable bonds is 6. The Bertz CT molecular complexity index is 1110. The smallest absolute Gasteiger partial charge is 0.243 e. The number of hydrogen-bond acceptors (Lipinski definition) is 5. The Morgan fingerprint density at radius 1 is 1.16 bits per heavy atom. The van der Waals surface area contributed by atoms with Gasteiger partial charge in [0, 0.05) is 43.4 Å². The van der Waals surface area contributed by atoms with Gasteiger partial charge in [0.05, 0.1) is 24.2 Å². The Balaban J connectivity index is 1.65. The zero-order valence-corrected chi connectivity index (χ0v) is 20.6. The van der Waals surface area contributed by atoms with Gasteiger partial charge < -0.3 is 9.64 Å². The summed E-state index contributed by atoms with van der Waals surface area (Å²) < 4.78 is 33.2. The van der Waals surface area contributed by atoms with Crippen molar-refractivity contribution < 1.29 is 17.9 Å². The Morgan fingerprint density at radius 3 is 2.41 bits per heavy atom. The van der Waals surface area contributed by atoms with Crippen LogP contribution in [0.3, 0.4) is 0 Å². The van der Waals surface area contributed by atoms with Gasteiger partial charge in [-0.15, -0.1) is 0 Å². The summed E-state index contributed by atoms with van der Waals surface area (Å²) >= 11 is 0. The van der Waals surface area contributed by atoms with Gasteiger partial charge in [0.15, 0.2) is 0 Å². The lowest BCUT2D eigenvalue weighted by atomic mass is 9.96. The molecule has 1 amide bonds. The Labute approximate surface area is 191 Å². The third-order valence-corrected chi connectivity index (χ3v) is 8.32. The SMILES string of the molecule is COc1c(C)cnc(CN(C)C(=O)C2CCN(S(=O)(=O)c3ccc(C)cc3C)CC2)c1C. The number of ether oxygens (including phenoxy) is 1. The van der Waals surface area contributed by atoms with Gasteiger partial charge in [-0.05, 0) is 52.2 Å². The Hall–Kier alpha value is -2.45. The number of piperidine rings is 1. The monoisotopic (exact) mass is 459 g/mol. The van der Waals surface area contributed by atoms with Crippen molar-refractivity contribution >= 4 is 15.9 Å². The van der Waals surface area contributed by atoms with Gasteiger partial charge in [-0.2, -0.15) is 4.31 Å². The summed E-state index contributed by atoms with van der Waals surface area (Å²) in [6.07, 6.45) is 2.78. The van der Waals surface area contributed by atoms with E-state index in [0.717, 1.165) is 33.7 Å². The van der Waals surface area contributed by atoms with Crippen LogP contribution in [0.4, 0.5) is 0 Å². The van der Waals surface area contributed by atoms with E-state index in [1.807, 2.05) is 39.8 Å². The van der Waals surface area contributed by atoms with Crippen LogP contribution in [0.15, 0.2) is 29.3 Å². The first kappa shape index (κ1) is 24.2. The molecule has 1 fully saturated rings. The fraction of sp³-hybridized carbons (Fsp3) is 0.500. The Kier molecular flexibility index (Phi) is 7.25. The minimum absolute atomic E-state index is 0.0225. The molecule has 0 aliphatic carbocycles. The fourth-order valence-electron chi connectivity index (χ4n) is 4.42. The average Bonchev–Trinajstić information content (AvgIpc) is 2.75. The number of methoxy groups -OCH3 is 1. The third kappa shape index (κ3) is 4.81. The van der Waals surface area contributed by atoms with Crippen molar-refractivity contribution in [3.05, 3.63) is 52.3 Å². The van der Waals surface area contributed by atoms with Crippen molar-refractivity contribution in [2.75, 3.05) is 27.2 Å². The number of nitrogens with zero attached hydrogens (tertiary/aromatic N) is 3. The molecular formula is C24H33N3O4S. The predicted molar refractivity (Wildman–Crippen MR) is 124 cm³/mol. The number of carbonyl (C=O) groups is 1. The molecular weight excluding hydrogens is 426 g/mol. The lowest BCUT2D eigenvalue weighted by molar-refractivity contribution is -0.136. The molecule has 8 heteroatoms. The summed E-state index contributed by atoms with van der Waals surface area (Å²) in [7, 11) is -0.155. The molecule has 2 heterocycles. The summed E-state index contributed by atoms with van der Waals surface area (Å²) in [5, 5.41) is 0. The summed E-state index contributed by atoms with van der Waals surface area (Å²) in [4.78, 5) is 19.6. The second-order valence-electron chi connectivity index (χ2n) is 8.69. The first-order valence-corrected chi connectivity index (χ1v) is 12.3. The number of carbonyl (C=O) groups excluding carboxylic acids is 1. The van der Waals surface area contributed by atoms with Crippen molar-refractivity contribution in [1.29, 1.82) is 0 Å². The van der Waals surface area contributed by atoms with Gasteiger partial charge in [-0.25, -0.2) is 8.42 Å². The van der Waals surface area contributed by atoms with Crippen molar-refractivity contribution in [3.63, 3.8) is 0 Å². The molecule has 3 rings (SSSR count). The molecule has 32 heavy (non-hydrogen) atoms. The first-order valence-electron chi connectivity index (χ1n) is 10.9. The fourth-order valence-corrected chi connectivity index (χ4v) is 6.09. The van der Waals surface area contributed by atoms with Crippen LogP contribution >= 0.6 is 0 Å². The second kappa shape index (κ2) is 9.58. The third-order valence-electron chi connectivity index (χ3n) is 6.26. The zero-order chi connectivity index (χ0) is 23.6. The molecule has 174 valence electrons. The second-order valence-corrected chi connectivity index (χ2v) is 10.6. The molecule has 7 nitrogen and oxygen atoms in total. The van der Waals surface area contributed by atoms with Crippen LogP contribution in [0.1, 0.15) is 40.8 Å². The minimum atomic E-state index is -3.56. The van der Waals surface area contributed by atoms with Gasteiger partial charge in [0.2, 0.25) is 15.9 Å². The van der Waals surface area contributed by atoms with Gasteiger partial charge in [0.25, 0.3) is 0 Å². The summed E-state index contributed by atoms with van der Waals surface area (Å²) in [5.41, 5.74) is 4.48. The molecule has 2 aromatic rings. The van der Waals surface area contributed by atoms with E-state index in [9.17, 15) is 13.2 Å².